The molecule has 0 aromatic carbocycles. The first-order chi connectivity index (χ1) is 34.0. The van der Waals surface area contributed by atoms with E-state index in [9.17, 15) is 19.4 Å². The number of phosphoric ester groups is 1. The lowest BCUT2D eigenvalue weighted by Gasteiger charge is -2.30. The monoisotopic (exact) mass is 1010 g/mol. The Morgan fingerprint density at radius 1 is 0.500 bits per heavy atom. The van der Waals surface area contributed by atoms with E-state index in [2.05, 4.69) is 43.5 Å². The van der Waals surface area contributed by atoms with Crippen molar-refractivity contribution in [2.45, 2.75) is 321 Å². The zero-order valence-electron chi connectivity index (χ0n) is 47.5. The van der Waals surface area contributed by atoms with Gasteiger partial charge in [-0.25, -0.2) is 0 Å². The van der Waals surface area contributed by atoms with E-state index in [0.717, 1.165) is 44.9 Å². The molecule has 2 N–H and O–H groups in total. The Morgan fingerprint density at radius 3 is 1.19 bits per heavy atom. The number of nitrogens with one attached hydrogen (secondary N) is 1. The zero-order valence-corrected chi connectivity index (χ0v) is 48.4. The molecule has 0 aliphatic heterocycles. The van der Waals surface area contributed by atoms with Crippen LogP contribution in [0.2, 0.25) is 0 Å². The third-order valence-electron chi connectivity index (χ3n) is 14.2. The van der Waals surface area contributed by atoms with Crippen molar-refractivity contribution < 1.29 is 32.9 Å². The predicted octanol–water partition coefficient (Wildman–Crippen LogP) is 18.1. The first-order valence-corrected chi connectivity index (χ1v) is 32.1. The van der Waals surface area contributed by atoms with Crippen LogP contribution in [0.15, 0.2) is 24.3 Å². The van der Waals surface area contributed by atoms with Gasteiger partial charge in [0.05, 0.1) is 39.9 Å². The molecular formula is C61H121N2O6P. The van der Waals surface area contributed by atoms with Crippen LogP contribution in [0.4, 0.5) is 0 Å². The second-order valence-electron chi connectivity index (χ2n) is 22.4. The van der Waals surface area contributed by atoms with Gasteiger partial charge >= 0.3 is 0 Å². The van der Waals surface area contributed by atoms with E-state index in [0.29, 0.717) is 23.9 Å². The largest absolute Gasteiger partial charge is 0.756 e. The Balaban J connectivity index is 4.13. The predicted molar refractivity (Wildman–Crippen MR) is 302 cm³/mol. The highest BCUT2D eigenvalue weighted by molar-refractivity contribution is 7.45. The van der Waals surface area contributed by atoms with Gasteiger partial charge in [0.25, 0.3) is 7.82 Å². The molecule has 0 aromatic rings. The minimum atomic E-state index is -4.58. The summed E-state index contributed by atoms with van der Waals surface area (Å²) in [5, 5.41) is 14.1. The van der Waals surface area contributed by atoms with Crippen molar-refractivity contribution in [2.75, 3.05) is 40.9 Å². The lowest BCUT2D eigenvalue weighted by Crippen LogP contribution is -2.46. The molecule has 70 heavy (non-hydrogen) atoms. The highest BCUT2D eigenvalue weighted by atomic mass is 31.2. The summed E-state index contributed by atoms with van der Waals surface area (Å²) < 4.78 is 23.5. The van der Waals surface area contributed by atoms with Crippen LogP contribution >= 0.6 is 7.82 Å². The Bertz CT molecular complexity index is 1190. The molecule has 0 heterocycles. The van der Waals surface area contributed by atoms with Crippen LogP contribution in [0.1, 0.15) is 309 Å². The number of rotatable bonds is 57. The molecule has 8 nitrogen and oxygen atoms in total. The van der Waals surface area contributed by atoms with Gasteiger partial charge < -0.3 is 28.8 Å². The maximum Gasteiger partial charge on any atom is 0.268 e. The number of carbonyl (C=O) groups excluding carboxylic acids is 1. The Kier molecular flexibility index (Phi) is 52.1. The van der Waals surface area contributed by atoms with Crippen LogP contribution in [0, 0.1) is 0 Å². The second kappa shape index (κ2) is 52.8. The van der Waals surface area contributed by atoms with E-state index in [1.807, 2.05) is 21.1 Å². The van der Waals surface area contributed by atoms with E-state index in [1.165, 1.54) is 238 Å². The standard InChI is InChI=1S/C61H121N2O6P/c1-6-8-10-12-14-16-18-20-22-24-26-28-30-31-33-35-37-39-41-43-45-47-49-51-53-55-61(65)62-59(58-69-70(66,67)68-57-56-63(3,4)5)60(64)54-52-50-48-46-44-42-40-38-36-34-32-29-27-25-23-21-19-17-15-13-11-9-7-2/h26,28,31,33,59-60,64H,6-25,27,29-30,32,34-58H2,1-5H3,(H-,62,65,66,67)/b28-26-,33-31-. The van der Waals surface area contributed by atoms with Gasteiger partial charge in [0, 0.05) is 6.42 Å². The number of amides is 1. The van der Waals surface area contributed by atoms with Crippen molar-refractivity contribution in [3.63, 3.8) is 0 Å². The molecule has 0 saturated carbocycles. The van der Waals surface area contributed by atoms with E-state index in [-0.39, 0.29) is 19.1 Å². The number of hydrogen-bond donors (Lipinski definition) is 2. The smallest absolute Gasteiger partial charge is 0.268 e. The number of quaternary nitrogens is 1. The quantitative estimate of drug-likeness (QED) is 0.0272. The SMILES string of the molecule is CCCCCCCCCCC/C=C\C/C=C\CCCCCCCCCCCC(=O)NC(COP(=O)([O-])OCC[N+](C)(C)C)C(O)CCCCCCCCCCCCCCCCCCCCCCCCC. The third-order valence-corrected chi connectivity index (χ3v) is 15.2. The van der Waals surface area contributed by atoms with Crippen molar-refractivity contribution in [2.24, 2.45) is 0 Å². The summed E-state index contributed by atoms with van der Waals surface area (Å²) in [5.74, 6) is -0.164. The molecule has 416 valence electrons. The number of nitrogens with zero attached hydrogens (tertiary/aromatic N) is 1. The number of aliphatic hydroxyl groups excluding tert-OH is 1. The molecule has 3 unspecified atom stereocenters. The highest BCUT2D eigenvalue weighted by Gasteiger charge is 2.24. The fourth-order valence-corrected chi connectivity index (χ4v) is 10.1. The average molecular weight is 1010 g/mol. The molecule has 0 radical (unpaired) electrons. The van der Waals surface area contributed by atoms with E-state index in [1.54, 1.807) is 0 Å². The van der Waals surface area contributed by atoms with Crippen molar-refractivity contribution in [3.8, 4) is 0 Å². The Morgan fingerprint density at radius 2 is 0.829 bits per heavy atom. The topological polar surface area (TPSA) is 108 Å². The van der Waals surface area contributed by atoms with Gasteiger partial charge in [-0.3, -0.25) is 9.36 Å². The summed E-state index contributed by atoms with van der Waals surface area (Å²) in [6, 6.07) is -0.803. The number of likely N-dealkylation sites (N-methyl/N-ethyl adjacent to an activating group) is 1. The summed E-state index contributed by atoms with van der Waals surface area (Å²) in [5.41, 5.74) is 0. The van der Waals surface area contributed by atoms with Crippen LogP contribution in [-0.2, 0) is 18.4 Å². The molecule has 0 aromatic heterocycles. The van der Waals surface area contributed by atoms with E-state index in [4.69, 9.17) is 9.05 Å². The maximum atomic E-state index is 13.0. The maximum absolute atomic E-state index is 13.0. The molecule has 0 saturated heterocycles. The van der Waals surface area contributed by atoms with E-state index < -0.39 is 20.0 Å². The minimum Gasteiger partial charge on any atom is -0.756 e. The van der Waals surface area contributed by atoms with E-state index >= 15 is 0 Å². The fourth-order valence-electron chi connectivity index (χ4n) is 9.37. The molecule has 3 atom stereocenters. The zero-order chi connectivity index (χ0) is 51.3. The number of allylic oxidation sites excluding steroid dienone is 4. The van der Waals surface area contributed by atoms with Gasteiger partial charge in [-0.2, -0.15) is 0 Å². The second-order valence-corrected chi connectivity index (χ2v) is 23.8. The summed E-state index contributed by atoms with van der Waals surface area (Å²) in [6.07, 6.45) is 66.4. The number of carbonyl (C=O) groups is 1. The third kappa shape index (κ3) is 54.7. The number of unbranched alkanes of at least 4 members (excludes halogenated alkanes) is 40. The molecule has 0 rings (SSSR count). The molecule has 9 heteroatoms. The van der Waals surface area contributed by atoms with Crippen LogP contribution < -0.4 is 10.2 Å². The summed E-state index contributed by atoms with van der Waals surface area (Å²) >= 11 is 0. The fraction of sp³-hybridized carbons (Fsp3) is 0.918. The average Bonchev–Trinajstić information content (AvgIpc) is 3.32. The van der Waals surface area contributed by atoms with Crippen LogP contribution in [0.25, 0.3) is 0 Å². The Hall–Kier alpha value is -1.02. The van der Waals surface area contributed by atoms with Crippen LogP contribution in [0.3, 0.4) is 0 Å². The van der Waals surface area contributed by atoms with Crippen molar-refractivity contribution in [1.82, 2.24) is 5.32 Å². The molecule has 1 amide bonds. The van der Waals surface area contributed by atoms with Gasteiger partial charge in [0.1, 0.15) is 13.2 Å². The molecule has 0 spiro atoms. The molecule has 0 aliphatic rings. The van der Waals surface area contributed by atoms with Crippen LogP contribution in [-0.4, -0.2) is 68.5 Å². The molecular weight excluding hydrogens is 888 g/mol. The van der Waals surface area contributed by atoms with Gasteiger partial charge in [0.15, 0.2) is 0 Å². The molecule has 0 aliphatic carbocycles. The summed E-state index contributed by atoms with van der Waals surface area (Å²) in [7, 11) is 1.31. The van der Waals surface area contributed by atoms with Crippen molar-refractivity contribution in [3.05, 3.63) is 24.3 Å². The number of hydrogen-bond acceptors (Lipinski definition) is 6. The Labute approximate surface area is 436 Å². The summed E-state index contributed by atoms with van der Waals surface area (Å²) in [6.45, 7) is 4.76. The van der Waals surface area contributed by atoms with Gasteiger partial charge in [-0.1, -0.05) is 282 Å². The van der Waals surface area contributed by atoms with Gasteiger partial charge in [-0.05, 0) is 44.9 Å². The lowest BCUT2D eigenvalue weighted by molar-refractivity contribution is -0.870. The van der Waals surface area contributed by atoms with Crippen LogP contribution in [0.5, 0.6) is 0 Å². The van der Waals surface area contributed by atoms with Gasteiger partial charge in [-0.15, -0.1) is 0 Å². The first kappa shape index (κ1) is 69.0. The van der Waals surface area contributed by atoms with Crippen molar-refractivity contribution in [1.29, 1.82) is 0 Å². The number of aliphatic hydroxyl groups is 1. The summed E-state index contributed by atoms with van der Waals surface area (Å²) in [4.78, 5) is 25.6. The first-order valence-electron chi connectivity index (χ1n) is 30.7. The lowest BCUT2D eigenvalue weighted by atomic mass is 10.0. The number of phosphoric acid groups is 1. The molecule has 0 bridgehead atoms. The molecule has 0 fully saturated rings. The highest BCUT2D eigenvalue weighted by Crippen LogP contribution is 2.38. The van der Waals surface area contributed by atoms with Crippen molar-refractivity contribution >= 4 is 13.7 Å². The van der Waals surface area contributed by atoms with Gasteiger partial charge in [0.2, 0.25) is 5.91 Å². The normalized spacial score (nSPS) is 14.0. The minimum absolute atomic E-state index is 0.0126.